The summed E-state index contributed by atoms with van der Waals surface area (Å²) in [5.74, 6) is 3.78. The van der Waals surface area contributed by atoms with Crippen molar-refractivity contribution >= 4 is 0 Å². The molecule has 0 unspecified atom stereocenters. The number of aliphatic hydroxyl groups is 2. The van der Waals surface area contributed by atoms with E-state index in [1.807, 2.05) is 0 Å². The van der Waals surface area contributed by atoms with Crippen molar-refractivity contribution in [1.29, 1.82) is 0 Å². The van der Waals surface area contributed by atoms with Crippen LogP contribution in [-0.2, 0) is 4.74 Å². The number of aliphatic hydroxyl groups excluding tert-OH is 2. The molecule has 4 fully saturated rings. The van der Waals surface area contributed by atoms with E-state index in [0.29, 0.717) is 29.1 Å². The van der Waals surface area contributed by atoms with Gasteiger partial charge in [-0.25, -0.2) is 0 Å². The standard InChI is InChI=1S/C28H46O3/c1-17(2)28(16-31-28)13-8-18(3)21-6-7-22-25-23(10-12-27(21,22)5)26(4)11-9-20(29)14-19(26)15-24(25)30/h15,17-18,20-25,29-30H,6-14,16H2,1-5H3/t18-,20+,21-,22+,23+,24+,25+,26+,27-,28+/m1/s1. The minimum Gasteiger partial charge on any atom is -0.393 e. The van der Waals surface area contributed by atoms with Gasteiger partial charge >= 0.3 is 0 Å². The van der Waals surface area contributed by atoms with Crippen LogP contribution < -0.4 is 0 Å². The van der Waals surface area contributed by atoms with Gasteiger partial charge in [-0.2, -0.15) is 0 Å². The summed E-state index contributed by atoms with van der Waals surface area (Å²) in [7, 11) is 0. The Bertz CT molecular complexity index is 724. The Morgan fingerprint density at radius 1 is 1.03 bits per heavy atom. The lowest BCUT2D eigenvalue weighted by molar-refractivity contribution is -0.0972. The molecular weight excluding hydrogens is 384 g/mol. The molecule has 2 N–H and O–H groups in total. The zero-order valence-electron chi connectivity index (χ0n) is 20.6. The van der Waals surface area contributed by atoms with Crippen molar-refractivity contribution in [3.8, 4) is 0 Å². The van der Waals surface area contributed by atoms with Crippen molar-refractivity contribution in [3.63, 3.8) is 0 Å². The first-order valence-electron chi connectivity index (χ1n) is 13.3. The minimum absolute atomic E-state index is 0.172. The van der Waals surface area contributed by atoms with Crippen molar-refractivity contribution in [1.82, 2.24) is 0 Å². The quantitative estimate of drug-likeness (QED) is 0.432. The average Bonchev–Trinajstić information content (AvgIpc) is 3.43. The van der Waals surface area contributed by atoms with E-state index in [1.165, 1.54) is 44.1 Å². The molecule has 31 heavy (non-hydrogen) atoms. The van der Waals surface area contributed by atoms with Gasteiger partial charge < -0.3 is 14.9 Å². The Morgan fingerprint density at radius 3 is 2.45 bits per heavy atom. The Hall–Kier alpha value is -0.380. The zero-order chi connectivity index (χ0) is 22.2. The highest BCUT2D eigenvalue weighted by Crippen LogP contribution is 2.67. The fraction of sp³-hybridized carbons (Fsp3) is 0.929. The van der Waals surface area contributed by atoms with E-state index in [0.717, 1.165) is 37.7 Å². The van der Waals surface area contributed by atoms with Gasteiger partial charge in [0.15, 0.2) is 0 Å². The molecule has 1 heterocycles. The maximum atomic E-state index is 11.3. The summed E-state index contributed by atoms with van der Waals surface area (Å²) in [6.45, 7) is 13.1. The van der Waals surface area contributed by atoms with Crippen LogP contribution in [-0.4, -0.2) is 34.6 Å². The molecule has 0 aromatic heterocycles. The van der Waals surface area contributed by atoms with Crippen LogP contribution in [0.3, 0.4) is 0 Å². The molecule has 10 atom stereocenters. The van der Waals surface area contributed by atoms with Crippen LogP contribution >= 0.6 is 0 Å². The molecular formula is C28H46O3. The smallest absolute Gasteiger partial charge is 0.0939 e. The van der Waals surface area contributed by atoms with Gasteiger partial charge in [-0.15, -0.1) is 0 Å². The van der Waals surface area contributed by atoms with Crippen molar-refractivity contribution in [2.75, 3.05) is 6.61 Å². The lowest BCUT2D eigenvalue weighted by Crippen LogP contribution is -2.55. The third kappa shape index (κ3) is 3.39. The topological polar surface area (TPSA) is 53.0 Å². The van der Waals surface area contributed by atoms with Crippen LogP contribution in [0.5, 0.6) is 0 Å². The van der Waals surface area contributed by atoms with Crippen LogP contribution in [0, 0.1) is 46.3 Å². The number of hydrogen-bond acceptors (Lipinski definition) is 3. The molecule has 3 heteroatoms. The van der Waals surface area contributed by atoms with Gasteiger partial charge in [-0.3, -0.25) is 0 Å². The Kier molecular flexibility index (Phi) is 5.47. The number of epoxide rings is 1. The Morgan fingerprint density at radius 2 is 1.77 bits per heavy atom. The molecule has 0 aromatic carbocycles. The predicted octanol–water partition coefficient (Wildman–Crippen LogP) is 5.74. The summed E-state index contributed by atoms with van der Waals surface area (Å²) in [5, 5.41) is 21.6. The molecule has 0 spiro atoms. The molecule has 176 valence electrons. The van der Waals surface area contributed by atoms with Gasteiger partial charge in [-0.05, 0) is 104 Å². The van der Waals surface area contributed by atoms with Crippen LogP contribution in [0.1, 0.15) is 92.4 Å². The lowest BCUT2D eigenvalue weighted by Gasteiger charge is -2.59. The second kappa shape index (κ2) is 7.57. The molecule has 5 rings (SSSR count). The highest BCUT2D eigenvalue weighted by Gasteiger charge is 2.61. The van der Waals surface area contributed by atoms with Crippen LogP contribution in [0.15, 0.2) is 11.6 Å². The lowest BCUT2D eigenvalue weighted by atomic mass is 9.46. The minimum atomic E-state index is -0.318. The molecule has 1 saturated heterocycles. The van der Waals surface area contributed by atoms with E-state index in [2.05, 4.69) is 40.7 Å². The molecule has 0 bridgehead atoms. The van der Waals surface area contributed by atoms with E-state index in [9.17, 15) is 10.2 Å². The van der Waals surface area contributed by atoms with E-state index in [4.69, 9.17) is 4.74 Å². The predicted molar refractivity (Wildman–Crippen MR) is 125 cm³/mol. The highest BCUT2D eigenvalue weighted by atomic mass is 16.6. The molecule has 3 saturated carbocycles. The highest BCUT2D eigenvalue weighted by molar-refractivity contribution is 5.28. The average molecular weight is 431 g/mol. The third-order valence-electron chi connectivity index (χ3n) is 11.5. The summed E-state index contributed by atoms with van der Waals surface area (Å²) in [6.07, 6.45) is 12.1. The van der Waals surface area contributed by atoms with Gasteiger partial charge in [-0.1, -0.05) is 46.3 Å². The molecule has 4 aliphatic carbocycles. The number of ether oxygens (including phenoxy) is 1. The Balaban J connectivity index is 1.34. The van der Waals surface area contributed by atoms with Gasteiger partial charge in [0.1, 0.15) is 0 Å². The third-order valence-corrected chi connectivity index (χ3v) is 11.5. The van der Waals surface area contributed by atoms with Crippen molar-refractivity contribution in [2.24, 2.45) is 46.3 Å². The fourth-order valence-electron chi connectivity index (χ4n) is 9.14. The van der Waals surface area contributed by atoms with Crippen LogP contribution in [0.25, 0.3) is 0 Å². The first kappa shape index (κ1) is 22.4. The second-order valence-electron chi connectivity index (χ2n) is 13.0. The largest absolute Gasteiger partial charge is 0.393 e. The SMILES string of the molecule is CC(C)[C@]1(CC[C@@H](C)[C@H]2CC[C@H]3[C@@H]4[C@@H](O)C=C5C[C@@H](O)CC[C@]5(C)[C@H]4CC[C@]23C)CO1. The summed E-state index contributed by atoms with van der Waals surface area (Å²) >= 11 is 0. The first-order valence-corrected chi connectivity index (χ1v) is 13.3. The van der Waals surface area contributed by atoms with E-state index >= 15 is 0 Å². The number of rotatable bonds is 5. The van der Waals surface area contributed by atoms with Crippen molar-refractivity contribution < 1.29 is 14.9 Å². The van der Waals surface area contributed by atoms with Gasteiger partial charge in [0.2, 0.25) is 0 Å². The normalized spacial score (nSPS) is 52.2. The summed E-state index contributed by atoms with van der Waals surface area (Å²) < 4.78 is 5.90. The summed E-state index contributed by atoms with van der Waals surface area (Å²) in [6, 6.07) is 0. The van der Waals surface area contributed by atoms with Crippen molar-refractivity contribution in [3.05, 3.63) is 11.6 Å². The summed E-state index contributed by atoms with van der Waals surface area (Å²) in [5.41, 5.74) is 2.09. The molecule has 5 aliphatic rings. The maximum Gasteiger partial charge on any atom is 0.0939 e. The summed E-state index contributed by atoms with van der Waals surface area (Å²) in [4.78, 5) is 0. The molecule has 0 radical (unpaired) electrons. The van der Waals surface area contributed by atoms with Gasteiger partial charge in [0, 0.05) is 0 Å². The van der Waals surface area contributed by atoms with E-state index in [-0.39, 0.29) is 23.2 Å². The first-order chi connectivity index (χ1) is 14.6. The number of fused-ring (bicyclic) bond motifs is 5. The fourth-order valence-corrected chi connectivity index (χ4v) is 9.14. The second-order valence-corrected chi connectivity index (χ2v) is 13.0. The Labute approximate surface area is 190 Å². The van der Waals surface area contributed by atoms with E-state index < -0.39 is 0 Å². The van der Waals surface area contributed by atoms with Gasteiger partial charge in [0.25, 0.3) is 0 Å². The zero-order valence-corrected chi connectivity index (χ0v) is 20.6. The van der Waals surface area contributed by atoms with E-state index in [1.54, 1.807) is 0 Å². The molecule has 0 aromatic rings. The molecule has 0 amide bonds. The van der Waals surface area contributed by atoms with Gasteiger partial charge in [0.05, 0.1) is 24.4 Å². The van der Waals surface area contributed by atoms with Crippen molar-refractivity contribution in [2.45, 2.75) is 110 Å². The maximum absolute atomic E-state index is 11.3. The van der Waals surface area contributed by atoms with Crippen LogP contribution in [0.2, 0.25) is 0 Å². The molecule has 1 aliphatic heterocycles. The van der Waals surface area contributed by atoms with Crippen LogP contribution in [0.4, 0.5) is 0 Å². The number of hydrogen-bond donors (Lipinski definition) is 2. The molecule has 3 nitrogen and oxygen atoms in total. The monoisotopic (exact) mass is 430 g/mol.